The second-order valence-electron chi connectivity index (χ2n) is 6.07. The van der Waals surface area contributed by atoms with E-state index in [1.807, 2.05) is 6.07 Å². The van der Waals surface area contributed by atoms with Crippen molar-refractivity contribution in [2.24, 2.45) is 0 Å². The van der Waals surface area contributed by atoms with E-state index < -0.39 is 17.0 Å². The van der Waals surface area contributed by atoms with Crippen LogP contribution in [0.4, 0.5) is 11.4 Å². The number of cyclic esters (lactones) is 1. The molecule has 126 valence electrons. The maximum absolute atomic E-state index is 12.9. The number of non-ortho nitro benzene ring substituents is 1. The predicted molar refractivity (Wildman–Crippen MR) is 88.5 cm³/mol. The van der Waals surface area contributed by atoms with E-state index >= 15 is 0 Å². The molecule has 4 rings (SSSR count). The second-order valence-corrected chi connectivity index (χ2v) is 6.07. The van der Waals surface area contributed by atoms with Gasteiger partial charge in [0.05, 0.1) is 16.2 Å². The summed E-state index contributed by atoms with van der Waals surface area (Å²) in [6, 6.07) is 11.5. The number of nitro benzene ring substituents is 1. The molecule has 0 N–H and O–H groups in total. The number of hydrogen-bond acceptors (Lipinski definition) is 5. The van der Waals surface area contributed by atoms with E-state index in [4.69, 9.17) is 4.74 Å². The van der Waals surface area contributed by atoms with Crippen LogP contribution in [0.3, 0.4) is 0 Å². The zero-order valence-electron chi connectivity index (χ0n) is 13.2. The van der Waals surface area contributed by atoms with Crippen LogP contribution in [0.2, 0.25) is 0 Å². The number of ether oxygens (including phenoxy) is 1. The van der Waals surface area contributed by atoms with Crippen molar-refractivity contribution in [2.45, 2.75) is 18.9 Å². The van der Waals surface area contributed by atoms with E-state index in [0.717, 1.165) is 11.1 Å². The van der Waals surface area contributed by atoms with Crippen LogP contribution in [0.1, 0.15) is 21.5 Å². The maximum atomic E-state index is 12.9. The third kappa shape index (κ3) is 2.53. The SMILES string of the molecule is O=C1OC(C(=O)N2CCc3ccc([N+](=O)[O-])cc32)Cc2ccccc21. The van der Waals surface area contributed by atoms with Gasteiger partial charge in [-0.2, -0.15) is 0 Å². The van der Waals surface area contributed by atoms with Gasteiger partial charge in [-0.25, -0.2) is 4.79 Å². The van der Waals surface area contributed by atoms with Gasteiger partial charge in [0, 0.05) is 25.1 Å². The van der Waals surface area contributed by atoms with E-state index in [1.165, 1.54) is 17.0 Å². The Kier molecular flexibility index (Phi) is 3.49. The first kappa shape index (κ1) is 15.3. The highest BCUT2D eigenvalue weighted by Gasteiger charge is 2.37. The van der Waals surface area contributed by atoms with Crippen LogP contribution in [0.25, 0.3) is 0 Å². The minimum Gasteiger partial charge on any atom is -0.448 e. The molecule has 0 spiro atoms. The van der Waals surface area contributed by atoms with Crippen molar-refractivity contribution in [3.8, 4) is 0 Å². The Morgan fingerprint density at radius 2 is 2.00 bits per heavy atom. The van der Waals surface area contributed by atoms with Gasteiger partial charge < -0.3 is 9.64 Å². The number of fused-ring (bicyclic) bond motifs is 2. The Balaban J connectivity index is 1.63. The van der Waals surface area contributed by atoms with Crippen molar-refractivity contribution in [1.29, 1.82) is 0 Å². The zero-order valence-corrected chi connectivity index (χ0v) is 13.2. The highest BCUT2D eigenvalue weighted by molar-refractivity contribution is 6.02. The average molecular weight is 338 g/mol. The van der Waals surface area contributed by atoms with E-state index in [-0.39, 0.29) is 11.6 Å². The molecule has 0 saturated carbocycles. The highest BCUT2D eigenvalue weighted by Crippen LogP contribution is 2.33. The average Bonchev–Trinajstić information content (AvgIpc) is 3.04. The summed E-state index contributed by atoms with van der Waals surface area (Å²) >= 11 is 0. The van der Waals surface area contributed by atoms with Crippen molar-refractivity contribution in [3.05, 3.63) is 69.3 Å². The van der Waals surface area contributed by atoms with Gasteiger partial charge in [0.25, 0.3) is 11.6 Å². The van der Waals surface area contributed by atoms with Gasteiger partial charge in [-0.3, -0.25) is 14.9 Å². The summed E-state index contributed by atoms with van der Waals surface area (Å²) in [6.45, 7) is 0.422. The lowest BCUT2D eigenvalue weighted by molar-refractivity contribution is -0.384. The van der Waals surface area contributed by atoms with Crippen LogP contribution in [-0.2, 0) is 22.4 Å². The summed E-state index contributed by atoms with van der Waals surface area (Å²) in [6.07, 6.45) is 0.0188. The van der Waals surface area contributed by atoms with Gasteiger partial charge in [-0.1, -0.05) is 24.3 Å². The molecule has 0 fully saturated rings. The summed E-state index contributed by atoms with van der Waals surface area (Å²) in [5.74, 6) is -0.860. The quantitative estimate of drug-likeness (QED) is 0.476. The molecule has 7 heteroatoms. The van der Waals surface area contributed by atoms with Crippen molar-refractivity contribution < 1.29 is 19.2 Å². The van der Waals surface area contributed by atoms with Crippen LogP contribution >= 0.6 is 0 Å². The molecule has 25 heavy (non-hydrogen) atoms. The third-order valence-electron chi connectivity index (χ3n) is 4.61. The van der Waals surface area contributed by atoms with Crippen LogP contribution in [0.5, 0.6) is 0 Å². The molecule has 0 saturated heterocycles. The Labute approximate surface area is 143 Å². The highest BCUT2D eigenvalue weighted by atomic mass is 16.6. The summed E-state index contributed by atoms with van der Waals surface area (Å²) in [5, 5.41) is 11.0. The normalized spacial score (nSPS) is 18.3. The largest absolute Gasteiger partial charge is 0.448 e. The number of esters is 1. The van der Waals surface area contributed by atoms with Gasteiger partial charge in [0.1, 0.15) is 0 Å². The van der Waals surface area contributed by atoms with Crippen LogP contribution < -0.4 is 4.90 Å². The molecule has 7 nitrogen and oxygen atoms in total. The van der Waals surface area contributed by atoms with E-state index in [0.29, 0.717) is 30.6 Å². The van der Waals surface area contributed by atoms with Crippen LogP contribution in [0, 0.1) is 10.1 Å². The van der Waals surface area contributed by atoms with Crippen molar-refractivity contribution in [1.82, 2.24) is 0 Å². The standard InChI is InChI=1S/C18H14N2O5/c21-17(16-9-12-3-1-2-4-14(12)18(22)25-16)19-8-7-11-5-6-13(20(23)24)10-15(11)19/h1-6,10,16H,7-9H2. The smallest absolute Gasteiger partial charge is 0.339 e. The van der Waals surface area contributed by atoms with Gasteiger partial charge >= 0.3 is 5.97 Å². The second kappa shape index (κ2) is 5.70. The maximum Gasteiger partial charge on any atom is 0.339 e. The molecule has 0 bridgehead atoms. The first-order valence-corrected chi connectivity index (χ1v) is 7.92. The zero-order chi connectivity index (χ0) is 17.6. The fourth-order valence-electron chi connectivity index (χ4n) is 3.35. The number of nitro groups is 1. The molecule has 1 unspecified atom stereocenters. The topological polar surface area (TPSA) is 89.8 Å². The summed E-state index contributed by atoms with van der Waals surface area (Å²) in [7, 11) is 0. The molecule has 1 atom stereocenters. The molecule has 2 heterocycles. The Hall–Kier alpha value is -3.22. The van der Waals surface area contributed by atoms with Crippen LogP contribution in [-0.4, -0.2) is 29.4 Å². The van der Waals surface area contributed by atoms with Gasteiger partial charge in [-0.05, 0) is 23.6 Å². The van der Waals surface area contributed by atoms with Gasteiger partial charge in [0.2, 0.25) is 0 Å². The first-order valence-electron chi connectivity index (χ1n) is 7.92. The Morgan fingerprint density at radius 1 is 1.20 bits per heavy atom. The minimum absolute atomic E-state index is 0.0653. The van der Waals surface area contributed by atoms with Crippen LogP contribution in [0.15, 0.2) is 42.5 Å². The number of rotatable bonds is 2. The van der Waals surface area contributed by atoms with E-state index in [1.54, 1.807) is 24.3 Å². The Bertz CT molecular complexity index is 908. The summed E-state index contributed by atoms with van der Waals surface area (Å²) in [4.78, 5) is 37.0. The van der Waals surface area contributed by atoms with E-state index in [2.05, 4.69) is 0 Å². The minimum atomic E-state index is -0.910. The molecule has 0 aliphatic carbocycles. The molecule has 0 aromatic heterocycles. The van der Waals surface area contributed by atoms with Crippen molar-refractivity contribution in [2.75, 3.05) is 11.4 Å². The number of amides is 1. The molecule has 2 aliphatic rings. The molecule has 0 radical (unpaired) electrons. The molecular weight excluding hydrogens is 324 g/mol. The van der Waals surface area contributed by atoms with E-state index in [9.17, 15) is 19.7 Å². The number of hydrogen-bond donors (Lipinski definition) is 0. The Morgan fingerprint density at radius 3 is 2.80 bits per heavy atom. The molecular formula is C18H14N2O5. The lowest BCUT2D eigenvalue weighted by Crippen LogP contribution is -2.44. The van der Waals surface area contributed by atoms with Crippen molar-refractivity contribution in [3.63, 3.8) is 0 Å². The number of anilines is 1. The van der Waals surface area contributed by atoms with Gasteiger partial charge in [-0.15, -0.1) is 0 Å². The predicted octanol–water partition coefficient (Wildman–Crippen LogP) is 2.27. The fraction of sp³-hybridized carbons (Fsp3) is 0.222. The monoisotopic (exact) mass is 338 g/mol. The summed E-state index contributed by atoms with van der Waals surface area (Å²) in [5.41, 5.74) is 2.58. The summed E-state index contributed by atoms with van der Waals surface area (Å²) < 4.78 is 5.32. The third-order valence-corrected chi connectivity index (χ3v) is 4.61. The van der Waals surface area contributed by atoms with Gasteiger partial charge in [0.15, 0.2) is 6.10 Å². The first-order chi connectivity index (χ1) is 12.0. The lowest BCUT2D eigenvalue weighted by atomic mass is 9.98. The number of benzene rings is 2. The molecule has 1 amide bonds. The van der Waals surface area contributed by atoms with Crippen molar-refractivity contribution >= 4 is 23.3 Å². The lowest BCUT2D eigenvalue weighted by Gasteiger charge is -2.27. The number of nitrogens with zero attached hydrogens (tertiary/aromatic N) is 2. The molecule has 2 aromatic rings. The fourth-order valence-corrected chi connectivity index (χ4v) is 3.35. The number of carbonyl (C=O) groups is 2. The number of carbonyl (C=O) groups excluding carboxylic acids is 2. The molecule has 2 aliphatic heterocycles. The molecule has 2 aromatic carbocycles.